The fourth-order valence-corrected chi connectivity index (χ4v) is 3.46. The van der Waals surface area contributed by atoms with Crippen molar-refractivity contribution < 1.29 is 14.6 Å². The average molecular weight is 399 g/mol. The van der Waals surface area contributed by atoms with Crippen LogP contribution in [0.1, 0.15) is 31.7 Å². The topological polar surface area (TPSA) is 107 Å². The van der Waals surface area contributed by atoms with Gasteiger partial charge in [-0.2, -0.15) is 4.98 Å². The van der Waals surface area contributed by atoms with Crippen molar-refractivity contribution in [1.82, 2.24) is 14.5 Å². The fourth-order valence-electron chi connectivity index (χ4n) is 3.46. The van der Waals surface area contributed by atoms with Gasteiger partial charge in [0, 0.05) is 6.20 Å². The Morgan fingerprint density at radius 2 is 1.90 bits per heavy atom. The summed E-state index contributed by atoms with van der Waals surface area (Å²) >= 11 is 0. The molecule has 0 aliphatic rings. The number of methoxy groups -OCH3 is 2. The molecule has 0 fully saturated rings. The molecule has 1 atom stereocenters. The molecule has 156 valence electrons. The molecular formula is C21H29N5O3. The van der Waals surface area contributed by atoms with E-state index in [4.69, 9.17) is 15.2 Å². The number of nitrogens with zero attached hydrogens (tertiary/aromatic N) is 3. The van der Waals surface area contributed by atoms with E-state index in [1.807, 2.05) is 35.0 Å². The zero-order valence-corrected chi connectivity index (χ0v) is 17.2. The van der Waals surface area contributed by atoms with Crippen molar-refractivity contribution in [3.05, 3.63) is 36.0 Å². The number of fused-ring (bicyclic) bond motifs is 1. The van der Waals surface area contributed by atoms with Crippen molar-refractivity contribution in [2.24, 2.45) is 0 Å². The fraction of sp³-hybridized carbons (Fsp3) is 0.429. The Bertz CT molecular complexity index is 935. The van der Waals surface area contributed by atoms with Gasteiger partial charge in [0.15, 0.2) is 5.82 Å². The Hall–Kier alpha value is -3.00. The molecule has 0 saturated carbocycles. The first kappa shape index (κ1) is 20.7. The van der Waals surface area contributed by atoms with Crippen LogP contribution in [0.5, 0.6) is 11.5 Å². The van der Waals surface area contributed by atoms with Gasteiger partial charge < -0.3 is 30.2 Å². The molecule has 0 saturated heterocycles. The van der Waals surface area contributed by atoms with E-state index in [9.17, 15) is 5.11 Å². The number of rotatable bonds is 10. The molecule has 2 heterocycles. The van der Waals surface area contributed by atoms with Crippen molar-refractivity contribution in [1.29, 1.82) is 0 Å². The molecule has 0 radical (unpaired) electrons. The third kappa shape index (κ3) is 4.54. The predicted octanol–water partition coefficient (Wildman–Crippen LogP) is 3.04. The molecule has 0 spiro atoms. The lowest BCUT2D eigenvalue weighted by Gasteiger charge is -2.19. The van der Waals surface area contributed by atoms with Crippen molar-refractivity contribution in [3.63, 3.8) is 0 Å². The molecule has 0 amide bonds. The summed E-state index contributed by atoms with van der Waals surface area (Å²) in [6, 6.07) is 7.51. The number of anilines is 2. The second-order valence-corrected chi connectivity index (χ2v) is 6.92. The summed E-state index contributed by atoms with van der Waals surface area (Å²) in [7, 11) is 3.28. The highest BCUT2D eigenvalue weighted by molar-refractivity contribution is 5.87. The highest BCUT2D eigenvalue weighted by atomic mass is 16.5. The van der Waals surface area contributed by atoms with Crippen LogP contribution in [0, 0.1) is 0 Å². The summed E-state index contributed by atoms with van der Waals surface area (Å²) in [4.78, 5) is 8.78. The maximum absolute atomic E-state index is 9.77. The number of aromatic nitrogens is 3. The van der Waals surface area contributed by atoms with Crippen LogP contribution in [0.4, 0.5) is 11.8 Å². The van der Waals surface area contributed by atoms with E-state index in [0.29, 0.717) is 12.4 Å². The third-order valence-electron chi connectivity index (χ3n) is 4.95. The summed E-state index contributed by atoms with van der Waals surface area (Å²) in [5.74, 6) is 2.29. The molecule has 3 rings (SSSR count). The summed E-state index contributed by atoms with van der Waals surface area (Å²) in [5.41, 5.74) is 8.40. The lowest BCUT2D eigenvalue weighted by atomic mass is 10.1. The largest absolute Gasteiger partial charge is 0.496 e. The maximum atomic E-state index is 9.77. The summed E-state index contributed by atoms with van der Waals surface area (Å²) in [6.45, 7) is 2.66. The zero-order valence-electron chi connectivity index (χ0n) is 17.2. The number of nitrogens with one attached hydrogen (secondary N) is 1. The Morgan fingerprint density at radius 1 is 1.17 bits per heavy atom. The molecule has 0 bridgehead atoms. The standard InChI is InChI=1S/C21H29N5O3/c1-4-5-7-14(13-27)23-20-19-16(24-21(22)25-20)10-11-26(19)12-15-17(28-2)8-6-9-18(15)29-3/h6,8-11,14,27H,4-5,7,12-13H2,1-3H3,(H3,22,23,24,25). The second-order valence-electron chi connectivity index (χ2n) is 6.92. The number of hydrogen-bond acceptors (Lipinski definition) is 7. The Labute approximate surface area is 170 Å². The Kier molecular flexibility index (Phi) is 6.77. The smallest absolute Gasteiger partial charge is 0.222 e. The van der Waals surface area contributed by atoms with Gasteiger partial charge >= 0.3 is 0 Å². The monoisotopic (exact) mass is 399 g/mol. The van der Waals surface area contributed by atoms with Gasteiger partial charge in [0.1, 0.15) is 17.0 Å². The highest BCUT2D eigenvalue weighted by Crippen LogP contribution is 2.31. The molecule has 2 aromatic heterocycles. The minimum Gasteiger partial charge on any atom is -0.496 e. The lowest BCUT2D eigenvalue weighted by molar-refractivity contribution is 0.267. The van der Waals surface area contributed by atoms with E-state index >= 15 is 0 Å². The van der Waals surface area contributed by atoms with Crippen LogP contribution in [0.25, 0.3) is 11.0 Å². The van der Waals surface area contributed by atoms with E-state index in [1.165, 1.54) is 0 Å². The first-order chi connectivity index (χ1) is 14.1. The SMILES string of the molecule is CCCCC(CO)Nc1nc(N)nc2ccn(Cc3c(OC)cccc3OC)c12. The Balaban J connectivity index is 2.02. The molecule has 0 aliphatic heterocycles. The number of benzene rings is 1. The number of aliphatic hydroxyl groups excluding tert-OH is 1. The normalized spacial score (nSPS) is 12.1. The Morgan fingerprint density at radius 3 is 2.52 bits per heavy atom. The number of hydrogen-bond donors (Lipinski definition) is 3. The number of unbranched alkanes of at least 4 members (excludes halogenated alkanes) is 1. The predicted molar refractivity (Wildman–Crippen MR) is 115 cm³/mol. The molecule has 0 aliphatic carbocycles. The van der Waals surface area contributed by atoms with Crippen LogP contribution < -0.4 is 20.5 Å². The van der Waals surface area contributed by atoms with Crippen LogP contribution in [0.15, 0.2) is 30.5 Å². The number of nitrogens with two attached hydrogens (primary N) is 1. The second kappa shape index (κ2) is 9.47. The number of ether oxygens (including phenoxy) is 2. The van der Waals surface area contributed by atoms with Gasteiger partial charge in [-0.25, -0.2) is 4.98 Å². The van der Waals surface area contributed by atoms with E-state index in [0.717, 1.165) is 47.4 Å². The minimum atomic E-state index is -0.100. The van der Waals surface area contributed by atoms with Crippen molar-refractivity contribution in [2.75, 3.05) is 31.9 Å². The van der Waals surface area contributed by atoms with E-state index in [2.05, 4.69) is 22.2 Å². The van der Waals surface area contributed by atoms with Gasteiger partial charge in [-0.15, -0.1) is 0 Å². The first-order valence-electron chi connectivity index (χ1n) is 9.80. The molecule has 4 N–H and O–H groups in total. The number of aliphatic hydroxyl groups is 1. The lowest BCUT2D eigenvalue weighted by Crippen LogP contribution is -2.25. The molecule has 3 aromatic rings. The van der Waals surface area contributed by atoms with E-state index in [1.54, 1.807) is 14.2 Å². The molecule has 1 unspecified atom stereocenters. The first-order valence-corrected chi connectivity index (χ1v) is 9.80. The molecule has 29 heavy (non-hydrogen) atoms. The van der Waals surface area contributed by atoms with Crippen LogP contribution in [0.2, 0.25) is 0 Å². The summed E-state index contributed by atoms with van der Waals surface area (Å²) in [5, 5.41) is 13.1. The van der Waals surface area contributed by atoms with Crippen LogP contribution >= 0.6 is 0 Å². The van der Waals surface area contributed by atoms with Crippen molar-refractivity contribution in [2.45, 2.75) is 38.8 Å². The molecule has 8 heteroatoms. The van der Waals surface area contributed by atoms with Crippen molar-refractivity contribution in [3.8, 4) is 11.5 Å². The van der Waals surface area contributed by atoms with Gasteiger partial charge in [-0.1, -0.05) is 25.8 Å². The van der Waals surface area contributed by atoms with E-state index in [-0.39, 0.29) is 18.6 Å². The minimum absolute atomic E-state index is 0.0203. The third-order valence-corrected chi connectivity index (χ3v) is 4.95. The maximum Gasteiger partial charge on any atom is 0.222 e. The average Bonchev–Trinajstić information content (AvgIpc) is 3.13. The molecular weight excluding hydrogens is 370 g/mol. The van der Waals surface area contributed by atoms with Crippen LogP contribution in [-0.2, 0) is 6.54 Å². The quantitative estimate of drug-likeness (QED) is 0.481. The van der Waals surface area contributed by atoms with Crippen molar-refractivity contribution >= 4 is 22.8 Å². The molecule has 8 nitrogen and oxygen atoms in total. The van der Waals surface area contributed by atoms with Crippen LogP contribution in [-0.4, -0.2) is 46.5 Å². The van der Waals surface area contributed by atoms with Crippen LogP contribution in [0.3, 0.4) is 0 Å². The van der Waals surface area contributed by atoms with Gasteiger partial charge in [0.05, 0.1) is 44.5 Å². The zero-order chi connectivity index (χ0) is 20.8. The number of nitrogen functional groups attached to an aromatic ring is 1. The van der Waals surface area contributed by atoms with Gasteiger partial charge in [-0.3, -0.25) is 0 Å². The summed E-state index contributed by atoms with van der Waals surface area (Å²) < 4.78 is 13.1. The van der Waals surface area contributed by atoms with Gasteiger partial charge in [-0.05, 0) is 24.6 Å². The molecule has 1 aromatic carbocycles. The van der Waals surface area contributed by atoms with Gasteiger partial charge in [0.2, 0.25) is 5.95 Å². The summed E-state index contributed by atoms with van der Waals surface area (Å²) in [6.07, 6.45) is 4.86. The van der Waals surface area contributed by atoms with E-state index < -0.39 is 0 Å². The van der Waals surface area contributed by atoms with Gasteiger partial charge in [0.25, 0.3) is 0 Å². The highest BCUT2D eigenvalue weighted by Gasteiger charge is 2.17.